The fourth-order valence-corrected chi connectivity index (χ4v) is 4.54. The number of ether oxygens (including phenoxy) is 1. The van der Waals surface area contributed by atoms with Gasteiger partial charge in [0.25, 0.3) is 0 Å². The fraction of sp³-hybridized carbons (Fsp3) is 0.345. The highest BCUT2D eigenvalue weighted by Crippen LogP contribution is 2.27. The Bertz CT molecular complexity index is 1310. The van der Waals surface area contributed by atoms with Crippen LogP contribution < -0.4 is 15.4 Å². The molecule has 2 unspecified atom stereocenters. The highest BCUT2D eigenvalue weighted by molar-refractivity contribution is 5.74. The van der Waals surface area contributed by atoms with Gasteiger partial charge >= 0.3 is 12.4 Å². The van der Waals surface area contributed by atoms with Gasteiger partial charge in [0.2, 0.25) is 0 Å². The largest absolute Gasteiger partial charge is 0.573 e. The number of nitrogens with zero attached hydrogens (tertiary/aromatic N) is 3. The molecule has 0 saturated heterocycles. The van der Waals surface area contributed by atoms with Gasteiger partial charge in [0.05, 0.1) is 11.7 Å². The van der Waals surface area contributed by atoms with Crippen LogP contribution >= 0.6 is 0 Å². The number of hydrogen-bond acceptors (Lipinski definition) is 4. The van der Waals surface area contributed by atoms with Crippen molar-refractivity contribution in [2.45, 2.75) is 46.0 Å². The van der Waals surface area contributed by atoms with Crippen LogP contribution in [0.25, 0.3) is 17.1 Å². The molecule has 0 bridgehead atoms. The summed E-state index contributed by atoms with van der Waals surface area (Å²) in [5, 5.41) is 10.4. The van der Waals surface area contributed by atoms with Crippen LogP contribution in [0.15, 0.2) is 78.7 Å². The van der Waals surface area contributed by atoms with Gasteiger partial charge in [-0.25, -0.2) is 14.5 Å². The molecule has 4 rings (SSSR count). The average molecular weight is 540 g/mol. The number of halogens is 3. The zero-order valence-corrected chi connectivity index (χ0v) is 22.1. The van der Waals surface area contributed by atoms with Crippen molar-refractivity contribution in [2.75, 3.05) is 6.54 Å². The van der Waals surface area contributed by atoms with Crippen LogP contribution in [0.5, 0.6) is 5.75 Å². The molecule has 10 heteroatoms. The fourth-order valence-electron chi connectivity index (χ4n) is 4.54. The average Bonchev–Trinajstić information content (AvgIpc) is 3.38. The van der Waals surface area contributed by atoms with E-state index in [0.717, 1.165) is 24.0 Å². The number of hydrogen-bond donors (Lipinski definition) is 2. The lowest BCUT2D eigenvalue weighted by Gasteiger charge is -2.29. The molecule has 206 valence electrons. The van der Waals surface area contributed by atoms with Gasteiger partial charge in [0.15, 0.2) is 5.82 Å². The van der Waals surface area contributed by atoms with Crippen molar-refractivity contribution in [1.82, 2.24) is 25.4 Å². The normalized spacial score (nSPS) is 17.2. The van der Waals surface area contributed by atoms with Crippen LogP contribution in [-0.4, -0.2) is 39.7 Å². The van der Waals surface area contributed by atoms with Gasteiger partial charge in [-0.3, -0.25) is 0 Å². The Kier molecular flexibility index (Phi) is 8.73. The van der Waals surface area contributed by atoms with Crippen molar-refractivity contribution < 1.29 is 22.7 Å². The summed E-state index contributed by atoms with van der Waals surface area (Å²) in [5.74, 6) is 0.903. The van der Waals surface area contributed by atoms with Crippen molar-refractivity contribution in [3.63, 3.8) is 0 Å². The lowest BCUT2D eigenvalue weighted by Crippen LogP contribution is -2.45. The molecule has 2 atom stereocenters. The standard InChI is InChI=1S/C29H32F3N5O2/c1-19(2)25-7-4-8-26(20(25)3)35-28(38)33-17-5-6-21-9-11-22(12-10-21)27-34-18-37(36-27)23-13-15-24(16-14-23)39-29(30,31)32/h4,7-16,18-20,26H,5-6,17H2,1-3H3,(H2,33,35,38). The molecule has 3 aromatic rings. The van der Waals surface area contributed by atoms with E-state index in [0.29, 0.717) is 24.0 Å². The van der Waals surface area contributed by atoms with Crippen LogP contribution in [0.2, 0.25) is 0 Å². The molecule has 2 N–H and O–H groups in total. The van der Waals surface area contributed by atoms with E-state index in [1.54, 1.807) is 0 Å². The molecule has 39 heavy (non-hydrogen) atoms. The minimum atomic E-state index is -4.74. The molecule has 0 spiro atoms. The number of carbonyl (C=O) groups excluding carboxylic acids is 1. The number of aryl methyl sites for hydroxylation is 1. The number of rotatable bonds is 9. The number of amides is 2. The van der Waals surface area contributed by atoms with Crippen LogP contribution in [-0.2, 0) is 6.42 Å². The summed E-state index contributed by atoms with van der Waals surface area (Å²) in [6.07, 6.45) is 4.54. The summed E-state index contributed by atoms with van der Waals surface area (Å²) in [4.78, 5) is 16.7. The molecule has 0 saturated carbocycles. The second-order valence-corrected chi connectivity index (χ2v) is 9.78. The molecule has 2 amide bonds. The Morgan fingerprint density at radius 2 is 1.82 bits per heavy atom. The summed E-state index contributed by atoms with van der Waals surface area (Å²) in [6.45, 7) is 7.02. The molecule has 1 aliphatic rings. The highest BCUT2D eigenvalue weighted by Gasteiger charge is 2.31. The van der Waals surface area contributed by atoms with Crippen molar-refractivity contribution in [3.8, 4) is 22.8 Å². The lowest BCUT2D eigenvalue weighted by atomic mass is 9.83. The molecule has 1 aliphatic carbocycles. The van der Waals surface area contributed by atoms with Crippen molar-refractivity contribution in [1.29, 1.82) is 0 Å². The molecule has 1 heterocycles. The monoisotopic (exact) mass is 539 g/mol. The van der Waals surface area contributed by atoms with Gasteiger partial charge in [0, 0.05) is 18.0 Å². The first-order valence-electron chi connectivity index (χ1n) is 12.9. The number of carbonyl (C=O) groups is 1. The van der Waals surface area contributed by atoms with Crippen molar-refractivity contribution in [2.24, 2.45) is 11.8 Å². The molecule has 2 aromatic carbocycles. The van der Waals surface area contributed by atoms with Gasteiger partial charge < -0.3 is 15.4 Å². The van der Waals surface area contributed by atoms with Crippen LogP contribution in [0.1, 0.15) is 32.8 Å². The summed E-state index contributed by atoms with van der Waals surface area (Å²) in [5.41, 5.74) is 3.83. The molecule has 0 radical (unpaired) electrons. The summed E-state index contributed by atoms with van der Waals surface area (Å²) >= 11 is 0. The third-order valence-electron chi connectivity index (χ3n) is 6.60. The maximum atomic E-state index is 12.4. The first-order chi connectivity index (χ1) is 18.6. The van der Waals surface area contributed by atoms with Crippen molar-refractivity contribution in [3.05, 3.63) is 84.2 Å². The SMILES string of the molecule is CC(C)C1=CC=CC(NC(=O)NCCCc2ccc(-c3ncn(-c4ccc(OC(F)(F)F)cc4)n3)cc2)C1C. The number of alkyl halides is 3. The second-order valence-electron chi connectivity index (χ2n) is 9.78. The topological polar surface area (TPSA) is 81.1 Å². The van der Waals surface area contributed by atoms with E-state index in [1.165, 1.54) is 40.8 Å². The van der Waals surface area contributed by atoms with E-state index in [9.17, 15) is 18.0 Å². The minimum absolute atomic E-state index is 0.0141. The van der Waals surface area contributed by atoms with Gasteiger partial charge in [-0.15, -0.1) is 18.3 Å². The third-order valence-corrected chi connectivity index (χ3v) is 6.60. The van der Waals surface area contributed by atoms with E-state index in [1.807, 2.05) is 36.4 Å². The first kappa shape index (κ1) is 27.9. The maximum Gasteiger partial charge on any atom is 0.573 e. The summed E-state index contributed by atoms with van der Waals surface area (Å²) in [6, 6.07) is 13.1. The Morgan fingerprint density at radius 1 is 1.10 bits per heavy atom. The molecular weight excluding hydrogens is 507 g/mol. The molecule has 0 aliphatic heterocycles. The van der Waals surface area contributed by atoms with Crippen LogP contribution in [0.4, 0.5) is 18.0 Å². The van der Waals surface area contributed by atoms with Crippen LogP contribution in [0, 0.1) is 11.8 Å². The summed E-state index contributed by atoms with van der Waals surface area (Å²) < 4.78 is 42.4. The van der Waals surface area contributed by atoms with E-state index < -0.39 is 6.36 Å². The number of urea groups is 1. The van der Waals surface area contributed by atoms with Crippen LogP contribution in [0.3, 0.4) is 0 Å². The Balaban J connectivity index is 1.23. The molecule has 1 aromatic heterocycles. The Labute approximate surface area is 225 Å². The summed E-state index contributed by atoms with van der Waals surface area (Å²) in [7, 11) is 0. The molecule has 0 fully saturated rings. The molecular formula is C29H32F3N5O2. The smallest absolute Gasteiger partial charge is 0.406 e. The van der Waals surface area contributed by atoms with Crippen molar-refractivity contribution >= 4 is 6.03 Å². The van der Waals surface area contributed by atoms with E-state index in [4.69, 9.17) is 0 Å². The van der Waals surface area contributed by atoms with Gasteiger partial charge in [-0.05, 0) is 48.6 Å². The first-order valence-corrected chi connectivity index (χ1v) is 12.9. The number of nitrogens with one attached hydrogen (secondary N) is 2. The van der Waals surface area contributed by atoms with E-state index in [2.05, 4.69) is 52.3 Å². The van der Waals surface area contributed by atoms with E-state index >= 15 is 0 Å². The Hall–Kier alpha value is -4.08. The number of aromatic nitrogens is 3. The van der Waals surface area contributed by atoms with Gasteiger partial charge in [0.1, 0.15) is 12.1 Å². The second kappa shape index (κ2) is 12.2. The number of benzene rings is 2. The maximum absolute atomic E-state index is 12.4. The van der Waals surface area contributed by atoms with E-state index in [-0.39, 0.29) is 23.7 Å². The van der Waals surface area contributed by atoms with Gasteiger partial charge in [-0.1, -0.05) is 68.8 Å². The zero-order valence-electron chi connectivity index (χ0n) is 22.1. The predicted octanol–water partition coefficient (Wildman–Crippen LogP) is 6.22. The minimum Gasteiger partial charge on any atom is -0.406 e. The molecule has 7 nitrogen and oxygen atoms in total. The highest BCUT2D eigenvalue weighted by atomic mass is 19.4. The Morgan fingerprint density at radius 3 is 2.49 bits per heavy atom. The number of allylic oxidation sites excluding steroid dienone is 2. The third kappa shape index (κ3) is 7.72. The van der Waals surface area contributed by atoms with Gasteiger partial charge in [-0.2, -0.15) is 0 Å². The quantitative estimate of drug-likeness (QED) is 0.316. The lowest BCUT2D eigenvalue weighted by molar-refractivity contribution is -0.274. The zero-order chi connectivity index (χ0) is 28.0. The predicted molar refractivity (Wildman–Crippen MR) is 143 cm³/mol.